The number of carbonyl (C=O) groups excluding carboxylic acids is 1. The van der Waals surface area contributed by atoms with E-state index in [4.69, 9.17) is 14.2 Å². The van der Waals surface area contributed by atoms with Crippen LogP contribution in [0.15, 0.2) is 12.2 Å². The summed E-state index contributed by atoms with van der Waals surface area (Å²) in [4.78, 5) is 11.4. The smallest absolute Gasteiger partial charge is 0.335 e. The molecule has 0 radical (unpaired) electrons. The van der Waals surface area contributed by atoms with E-state index < -0.39 is 18.0 Å². The molecule has 0 spiro atoms. The minimum atomic E-state index is -0.670. The van der Waals surface area contributed by atoms with Crippen molar-refractivity contribution in [3.8, 4) is 0 Å². The minimum Gasteiger partial charge on any atom is -0.430 e. The lowest BCUT2D eigenvalue weighted by molar-refractivity contribution is -0.194. The van der Waals surface area contributed by atoms with E-state index in [0.29, 0.717) is 12.0 Å². The van der Waals surface area contributed by atoms with Gasteiger partial charge < -0.3 is 14.2 Å². The summed E-state index contributed by atoms with van der Waals surface area (Å²) in [7, 11) is 0. The molecule has 1 unspecified atom stereocenters. The van der Waals surface area contributed by atoms with Crippen molar-refractivity contribution in [1.82, 2.24) is 0 Å². The van der Waals surface area contributed by atoms with Gasteiger partial charge in [0, 0.05) is 5.57 Å². The summed E-state index contributed by atoms with van der Waals surface area (Å²) in [6, 6.07) is 0. The molecule has 0 N–H and O–H groups in total. The molecule has 1 aliphatic heterocycles. The van der Waals surface area contributed by atoms with Crippen molar-refractivity contribution in [2.45, 2.75) is 45.7 Å². The highest BCUT2D eigenvalue weighted by molar-refractivity contribution is 5.87. The maximum atomic E-state index is 11.4. The standard InChI is InChI=1S/C11H18O4/c1-5-6-8(2)10(12)14-9-7-13-11(3,4)15-9/h9H,2,5-7H2,1,3-4H3. The molecule has 4 nitrogen and oxygen atoms in total. The first-order chi connectivity index (χ1) is 6.94. The molecule has 86 valence electrons. The number of hydrogen-bond acceptors (Lipinski definition) is 4. The Kier molecular flexibility index (Phi) is 3.88. The van der Waals surface area contributed by atoms with Gasteiger partial charge in [0.1, 0.15) is 6.61 Å². The first-order valence-electron chi connectivity index (χ1n) is 5.15. The third kappa shape index (κ3) is 3.64. The second-order valence-corrected chi connectivity index (χ2v) is 4.02. The third-order valence-electron chi connectivity index (χ3n) is 2.06. The Bertz CT molecular complexity index is 257. The van der Waals surface area contributed by atoms with Crippen molar-refractivity contribution >= 4 is 5.97 Å². The quantitative estimate of drug-likeness (QED) is 0.530. The number of esters is 1. The van der Waals surface area contributed by atoms with Crippen LogP contribution < -0.4 is 0 Å². The van der Waals surface area contributed by atoms with Gasteiger partial charge in [0.25, 0.3) is 0 Å². The van der Waals surface area contributed by atoms with Crippen LogP contribution in [-0.4, -0.2) is 24.7 Å². The normalized spacial score (nSPS) is 23.8. The Morgan fingerprint density at radius 1 is 1.60 bits per heavy atom. The van der Waals surface area contributed by atoms with Gasteiger partial charge in [0.2, 0.25) is 6.29 Å². The SMILES string of the molecule is C=C(CCC)C(=O)OC1COC(C)(C)O1. The molecular formula is C11H18O4. The Morgan fingerprint density at radius 2 is 2.27 bits per heavy atom. The van der Waals surface area contributed by atoms with Crippen LogP contribution in [0, 0.1) is 0 Å². The van der Waals surface area contributed by atoms with E-state index in [1.165, 1.54) is 0 Å². The monoisotopic (exact) mass is 214 g/mol. The molecule has 0 aromatic carbocycles. The maximum Gasteiger partial charge on any atom is 0.335 e. The van der Waals surface area contributed by atoms with Gasteiger partial charge >= 0.3 is 5.97 Å². The van der Waals surface area contributed by atoms with Crippen molar-refractivity contribution in [1.29, 1.82) is 0 Å². The molecule has 0 saturated carbocycles. The van der Waals surface area contributed by atoms with E-state index in [1.54, 1.807) is 13.8 Å². The summed E-state index contributed by atoms with van der Waals surface area (Å²) in [5.74, 6) is -1.07. The summed E-state index contributed by atoms with van der Waals surface area (Å²) >= 11 is 0. The zero-order valence-corrected chi connectivity index (χ0v) is 9.54. The molecule has 1 aliphatic rings. The van der Waals surface area contributed by atoms with E-state index >= 15 is 0 Å². The fourth-order valence-corrected chi connectivity index (χ4v) is 1.32. The van der Waals surface area contributed by atoms with Gasteiger partial charge in [-0.2, -0.15) is 0 Å². The van der Waals surface area contributed by atoms with Gasteiger partial charge in [-0.05, 0) is 20.3 Å². The van der Waals surface area contributed by atoms with Gasteiger partial charge in [0.15, 0.2) is 5.79 Å². The number of rotatable bonds is 4. The number of carbonyl (C=O) groups is 1. The van der Waals surface area contributed by atoms with Crippen LogP contribution in [0.2, 0.25) is 0 Å². The summed E-state index contributed by atoms with van der Waals surface area (Å²) in [6.45, 7) is 9.47. The van der Waals surface area contributed by atoms with Gasteiger partial charge in [-0.1, -0.05) is 19.9 Å². The zero-order valence-electron chi connectivity index (χ0n) is 9.54. The highest BCUT2D eigenvalue weighted by Crippen LogP contribution is 2.23. The van der Waals surface area contributed by atoms with Gasteiger partial charge in [-0.15, -0.1) is 0 Å². The average molecular weight is 214 g/mol. The molecule has 1 fully saturated rings. The fraction of sp³-hybridized carbons (Fsp3) is 0.727. The van der Waals surface area contributed by atoms with Crippen molar-refractivity contribution < 1.29 is 19.0 Å². The topological polar surface area (TPSA) is 44.8 Å². The van der Waals surface area contributed by atoms with E-state index in [-0.39, 0.29) is 6.61 Å². The highest BCUT2D eigenvalue weighted by Gasteiger charge is 2.35. The van der Waals surface area contributed by atoms with Crippen LogP contribution in [-0.2, 0) is 19.0 Å². The van der Waals surface area contributed by atoms with Crippen molar-refractivity contribution in [3.05, 3.63) is 12.2 Å². The molecule has 0 aliphatic carbocycles. The predicted molar refractivity (Wildman–Crippen MR) is 55.0 cm³/mol. The lowest BCUT2D eigenvalue weighted by atomic mass is 10.2. The Labute approximate surface area is 90.2 Å². The van der Waals surface area contributed by atoms with Gasteiger partial charge in [-0.3, -0.25) is 0 Å². The summed E-state index contributed by atoms with van der Waals surface area (Å²) in [6.07, 6.45) is 0.915. The van der Waals surface area contributed by atoms with Crippen molar-refractivity contribution in [2.75, 3.05) is 6.61 Å². The van der Waals surface area contributed by atoms with Crippen molar-refractivity contribution in [2.24, 2.45) is 0 Å². The Balaban J connectivity index is 2.37. The molecule has 4 heteroatoms. The molecule has 15 heavy (non-hydrogen) atoms. The number of hydrogen-bond donors (Lipinski definition) is 0. The van der Waals surface area contributed by atoms with Crippen molar-refractivity contribution in [3.63, 3.8) is 0 Å². The summed E-state index contributed by atoms with van der Waals surface area (Å²) < 4.78 is 15.7. The minimum absolute atomic E-state index is 0.276. The Hall–Kier alpha value is -0.870. The second-order valence-electron chi connectivity index (χ2n) is 4.02. The lowest BCUT2D eigenvalue weighted by Gasteiger charge is -2.17. The molecule has 1 saturated heterocycles. The Morgan fingerprint density at radius 3 is 2.73 bits per heavy atom. The summed E-state index contributed by atoms with van der Waals surface area (Å²) in [5.41, 5.74) is 0.478. The van der Waals surface area contributed by atoms with Crippen LogP contribution in [0.3, 0.4) is 0 Å². The van der Waals surface area contributed by atoms with Gasteiger partial charge in [0.05, 0.1) is 0 Å². The van der Waals surface area contributed by atoms with Crippen LogP contribution in [0.4, 0.5) is 0 Å². The number of ether oxygens (including phenoxy) is 3. The predicted octanol–water partition coefficient (Wildman–Crippen LogP) is 1.99. The summed E-state index contributed by atoms with van der Waals surface area (Å²) in [5, 5.41) is 0. The van der Waals surface area contributed by atoms with Crippen LogP contribution in [0.1, 0.15) is 33.6 Å². The highest BCUT2D eigenvalue weighted by atomic mass is 16.8. The van der Waals surface area contributed by atoms with E-state index in [2.05, 4.69) is 6.58 Å². The average Bonchev–Trinajstić information content (AvgIpc) is 2.46. The van der Waals surface area contributed by atoms with E-state index in [0.717, 1.165) is 6.42 Å². The molecule has 1 atom stereocenters. The van der Waals surface area contributed by atoms with Crippen LogP contribution in [0.25, 0.3) is 0 Å². The molecule has 0 aromatic heterocycles. The second kappa shape index (κ2) is 4.77. The van der Waals surface area contributed by atoms with E-state index in [1.807, 2.05) is 6.92 Å². The molecule has 1 heterocycles. The molecule has 1 rings (SSSR count). The van der Waals surface area contributed by atoms with Gasteiger partial charge in [-0.25, -0.2) is 4.79 Å². The first kappa shape index (κ1) is 12.2. The zero-order chi connectivity index (χ0) is 11.5. The lowest BCUT2D eigenvalue weighted by Crippen LogP contribution is -2.25. The third-order valence-corrected chi connectivity index (χ3v) is 2.06. The maximum absolute atomic E-state index is 11.4. The van der Waals surface area contributed by atoms with Crippen LogP contribution in [0.5, 0.6) is 0 Å². The molecule has 0 aromatic rings. The molecular weight excluding hydrogens is 196 g/mol. The molecule has 0 bridgehead atoms. The largest absolute Gasteiger partial charge is 0.430 e. The molecule has 0 amide bonds. The van der Waals surface area contributed by atoms with E-state index in [9.17, 15) is 4.79 Å². The van der Waals surface area contributed by atoms with Crippen LogP contribution >= 0.6 is 0 Å². The fourth-order valence-electron chi connectivity index (χ4n) is 1.32. The first-order valence-corrected chi connectivity index (χ1v) is 5.15.